The van der Waals surface area contributed by atoms with Gasteiger partial charge in [0.15, 0.2) is 0 Å². The fraction of sp³-hybridized carbons (Fsp3) is 0.636. The molecule has 1 aliphatic carbocycles. The van der Waals surface area contributed by atoms with Gasteiger partial charge < -0.3 is 15.0 Å². The molecule has 0 spiro atoms. The van der Waals surface area contributed by atoms with Gasteiger partial charge in [-0.05, 0) is 26.7 Å². The zero-order chi connectivity index (χ0) is 11.8. The molecule has 0 saturated heterocycles. The Morgan fingerprint density at radius 3 is 2.88 bits per heavy atom. The summed E-state index contributed by atoms with van der Waals surface area (Å²) >= 11 is 0. The third-order valence-electron chi connectivity index (χ3n) is 2.36. The van der Waals surface area contributed by atoms with Gasteiger partial charge in [0.2, 0.25) is 0 Å². The summed E-state index contributed by atoms with van der Waals surface area (Å²) in [6.07, 6.45) is 5.43. The number of rotatable bonds is 4. The molecule has 0 atom stereocenters. The molecule has 0 aromatic carbocycles. The van der Waals surface area contributed by atoms with Crippen molar-refractivity contribution in [3.05, 3.63) is 22.7 Å². The number of nitrogens with zero attached hydrogens (tertiary/aromatic N) is 2. The molecule has 0 amide bonds. The van der Waals surface area contributed by atoms with Crippen molar-refractivity contribution in [2.75, 3.05) is 6.61 Å². The molecule has 16 heavy (non-hydrogen) atoms. The Balaban J connectivity index is 2.15. The van der Waals surface area contributed by atoms with Gasteiger partial charge in [0.1, 0.15) is 6.61 Å². The lowest BCUT2D eigenvalue weighted by Gasteiger charge is -2.18. The second-order valence-corrected chi connectivity index (χ2v) is 4.95. The summed E-state index contributed by atoms with van der Waals surface area (Å²) in [6.45, 7) is 3.97. The first kappa shape index (κ1) is 11.1. The van der Waals surface area contributed by atoms with Gasteiger partial charge in [-0.1, -0.05) is 0 Å². The normalized spacial score (nSPS) is 16.2. The number of hydrogen-bond acceptors (Lipinski definition) is 4. The van der Waals surface area contributed by atoms with Gasteiger partial charge in [-0.15, -0.1) is 0 Å². The lowest BCUT2D eigenvalue weighted by Crippen LogP contribution is -2.39. The van der Waals surface area contributed by atoms with E-state index >= 15 is 0 Å². The van der Waals surface area contributed by atoms with Crippen LogP contribution >= 0.6 is 0 Å². The highest BCUT2D eigenvalue weighted by molar-refractivity contribution is 5.07. The van der Waals surface area contributed by atoms with E-state index in [2.05, 4.69) is 4.98 Å². The molecule has 1 aliphatic rings. The van der Waals surface area contributed by atoms with Gasteiger partial charge in [0, 0.05) is 24.0 Å². The summed E-state index contributed by atoms with van der Waals surface area (Å²) in [6, 6.07) is 0.337. The summed E-state index contributed by atoms with van der Waals surface area (Å²) in [7, 11) is 0. The number of aromatic nitrogens is 2. The van der Waals surface area contributed by atoms with Crippen molar-refractivity contribution in [3.8, 4) is 5.88 Å². The van der Waals surface area contributed by atoms with Gasteiger partial charge in [-0.3, -0.25) is 4.79 Å². The van der Waals surface area contributed by atoms with Gasteiger partial charge in [0.05, 0.1) is 0 Å². The predicted molar refractivity (Wildman–Crippen MR) is 60.5 cm³/mol. The molecule has 2 N–H and O–H groups in total. The first-order valence-electron chi connectivity index (χ1n) is 5.46. The van der Waals surface area contributed by atoms with Crippen LogP contribution in [-0.2, 0) is 0 Å². The van der Waals surface area contributed by atoms with E-state index in [1.807, 2.05) is 13.8 Å². The van der Waals surface area contributed by atoms with Gasteiger partial charge in [0.25, 0.3) is 5.88 Å². The van der Waals surface area contributed by atoms with Crippen LogP contribution in [-0.4, -0.2) is 21.7 Å². The van der Waals surface area contributed by atoms with Crippen LogP contribution in [0.5, 0.6) is 5.88 Å². The molecule has 0 bridgehead atoms. The number of ether oxygens (including phenoxy) is 1. The first-order chi connectivity index (χ1) is 7.47. The lowest BCUT2D eigenvalue weighted by molar-refractivity contribution is 0.230. The van der Waals surface area contributed by atoms with E-state index in [4.69, 9.17) is 10.5 Å². The van der Waals surface area contributed by atoms with E-state index in [-0.39, 0.29) is 18.0 Å². The van der Waals surface area contributed by atoms with Gasteiger partial charge in [-0.2, -0.15) is 0 Å². The Morgan fingerprint density at radius 2 is 2.31 bits per heavy atom. The predicted octanol–water partition coefficient (Wildman–Crippen LogP) is 0.694. The van der Waals surface area contributed by atoms with Crippen molar-refractivity contribution in [3.63, 3.8) is 0 Å². The van der Waals surface area contributed by atoms with Gasteiger partial charge >= 0.3 is 5.56 Å². The van der Waals surface area contributed by atoms with Crippen molar-refractivity contribution >= 4 is 0 Å². The molecule has 5 heteroatoms. The van der Waals surface area contributed by atoms with E-state index in [1.165, 1.54) is 0 Å². The molecule has 2 rings (SSSR count). The van der Waals surface area contributed by atoms with Crippen LogP contribution in [0.3, 0.4) is 0 Å². The Labute approximate surface area is 94.2 Å². The van der Waals surface area contributed by atoms with Crippen molar-refractivity contribution in [1.29, 1.82) is 0 Å². The van der Waals surface area contributed by atoms with E-state index in [0.717, 1.165) is 12.8 Å². The molecule has 1 aromatic heterocycles. The van der Waals surface area contributed by atoms with Crippen molar-refractivity contribution in [2.45, 2.75) is 38.3 Å². The lowest BCUT2D eigenvalue weighted by atomic mass is 10.1. The summed E-state index contributed by atoms with van der Waals surface area (Å²) < 4.78 is 7.04. The van der Waals surface area contributed by atoms with Crippen LogP contribution < -0.4 is 16.0 Å². The molecule has 0 aliphatic heterocycles. The standard InChI is InChI=1S/C11H17N3O2/c1-11(2,12)7-16-9-10(15)14(6-5-13-9)8-3-4-8/h5-6,8H,3-4,7,12H2,1-2H3. The molecule has 1 heterocycles. The molecule has 88 valence electrons. The fourth-order valence-electron chi connectivity index (χ4n) is 1.40. The molecule has 5 nitrogen and oxygen atoms in total. The van der Waals surface area contributed by atoms with E-state index in [0.29, 0.717) is 6.04 Å². The van der Waals surface area contributed by atoms with Crippen molar-refractivity contribution < 1.29 is 4.74 Å². The van der Waals surface area contributed by atoms with Crippen LogP contribution in [0.1, 0.15) is 32.7 Å². The van der Waals surface area contributed by atoms with Crippen LogP contribution in [0.2, 0.25) is 0 Å². The van der Waals surface area contributed by atoms with Gasteiger partial charge in [-0.25, -0.2) is 4.98 Å². The third kappa shape index (κ3) is 2.61. The average Bonchev–Trinajstić information content (AvgIpc) is 2.98. The number of nitrogens with two attached hydrogens (primary N) is 1. The van der Waals surface area contributed by atoms with Crippen LogP contribution in [0.25, 0.3) is 0 Å². The highest BCUT2D eigenvalue weighted by atomic mass is 16.5. The number of hydrogen-bond donors (Lipinski definition) is 1. The second kappa shape index (κ2) is 3.90. The van der Waals surface area contributed by atoms with Crippen molar-refractivity contribution in [1.82, 2.24) is 9.55 Å². The first-order valence-corrected chi connectivity index (χ1v) is 5.46. The van der Waals surface area contributed by atoms with E-state index in [9.17, 15) is 4.79 Å². The molecule has 1 saturated carbocycles. The zero-order valence-electron chi connectivity index (χ0n) is 9.64. The molecule has 1 aromatic rings. The minimum absolute atomic E-state index is 0.146. The van der Waals surface area contributed by atoms with E-state index < -0.39 is 5.54 Å². The summed E-state index contributed by atoms with van der Waals surface area (Å²) in [5.41, 5.74) is 5.16. The maximum atomic E-state index is 11.9. The maximum absolute atomic E-state index is 11.9. The minimum atomic E-state index is -0.464. The summed E-state index contributed by atoms with van der Waals surface area (Å²) in [4.78, 5) is 15.8. The van der Waals surface area contributed by atoms with Crippen LogP contribution in [0.4, 0.5) is 0 Å². The van der Waals surface area contributed by atoms with Crippen LogP contribution in [0, 0.1) is 0 Å². The molecule has 0 unspecified atom stereocenters. The SMILES string of the molecule is CC(C)(N)COc1nccn(C2CC2)c1=O. The molecule has 1 fully saturated rings. The Hall–Kier alpha value is -1.36. The average molecular weight is 223 g/mol. The Bertz CT molecular complexity index is 430. The largest absolute Gasteiger partial charge is 0.472 e. The highest BCUT2D eigenvalue weighted by Crippen LogP contribution is 2.33. The Morgan fingerprint density at radius 1 is 1.62 bits per heavy atom. The zero-order valence-corrected chi connectivity index (χ0v) is 9.64. The maximum Gasteiger partial charge on any atom is 0.313 e. The molecule has 0 radical (unpaired) electrons. The summed E-state index contributed by atoms with van der Waals surface area (Å²) in [5.74, 6) is 0.146. The monoisotopic (exact) mass is 223 g/mol. The van der Waals surface area contributed by atoms with Crippen LogP contribution in [0.15, 0.2) is 17.2 Å². The molecular weight excluding hydrogens is 206 g/mol. The fourth-order valence-corrected chi connectivity index (χ4v) is 1.40. The van der Waals surface area contributed by atoms with E-state index in [1.54, 1.807) is 17.0 Å². The van der Waals surface area contributed by atoms with Crippen molar-refractivity contribution in [2.24, 2.45) is 5.73 Å². The Kier molecular flexibility index (Phi) is 2.71. The smallest absolute Gasteiger partial charge is 0.313 e. The highest BCUT2D eigenvalue weighted by Gasteiger charge is 2.25. The quantitative estimate of drug-likeness (QED) is 0.815. The second-order valence-electron chi connectivity index (χ2n) is 4.95. The topological polar surface area (TPSA) is 70.1 Å². The minimum Gasteiger partial charge on any atom is -0.472 e. The summed E-state index contributed by atoms with van der Waals surface area (Å²) in [5, 5.41) is 0. The molecular formula is C11H17N3O2. The third-order valence-corrected chi connectivity index (χ3v) is 2.36.